The lowest BCUT2D eigenvalue weighted by Crippen LogP contribution is -2.53. The Morgan fingerprint density at radius 1 is 1.50 bits per heavy atom. The van der Waals surface area contributed by atoms with Gasteiger partial charge in [-0.1, -0.05) is 0 Å². The summed E-state index contributed by atoms with van der Waals surface area (Å²) in [6.07, 6.45) is 1.95. The average Bonchev–Trinajstić information content (AvgIpc) is 2.47. The van der Waals surface area contributed by atoms with E-state index in [0.717, 1.165) is 32.6 Å². The maximum absolute atomic E-state index is 11.5. The molecule has 5 heteroatoms. The third-order valence-electron chi connectivity index (χ3n) is 4.18. The van der Waals surface area contributed by atoms with Crippen molar-refractivity contribution in [2.45, 2.75) is 38.3 Å². The summed E-state index contributed by atoms with van der Waals surface area (Å²) in [6.45, 7) is 8.39. The number of carbonyl (C=O) groups excluding carboxylic acids is 1. The van der Waals surface area contributed by atoms with Gasteiger partial charge in [-0.2, -0.15) is 0 Å². The average molecular weight is 256 g/mol. The molecule has 1 amide bonds. The van der Waals surface area contributed by atoms with E-state index in [9.17, 15) is 4.79 Å². The maximum Gasteiger partial charge on any atom is 0.237 e. The Labute approximate surface area is 111 Å². The predicted molar refractivity (Wildman–Crippen MR) is 74.4 cm³/mol. The van der Waals surface area contributed by atoms with Crippen molar-refractivity contribution in [2.75, 3.05) is 40.3 Å². The van der Waals surface area contributed by atoms with Gasteiger partial charge >= 0.3 is 0 Å². The minimum Gasteiger partial charge on any atom is -0.368 e. The second-order valence-electron chi connectivity index (χ2n) is 5.70. The smallest absolute Gasteiger partial charge is 0.237 e. The molecule has 2 atom stereocenters. The first kappa shape index (κ1) is 15.4. The summed E-state index contributed by atoms with van der Waals surface area (Å²) in [5.41, 5.74) is 4.86. The summed E-state index contributed by atoms with van der Waals surface area (Å²) in [4.78, 5) is 16.3. The molecule has 1 aliphatic heterocycles. The lowest BCUT2D eigenvalue weighted by molar-refractivity contribution is -0.124. The Kier molecular flexibility index (Phi) is 5.56. The first-order chi connectivity index (χ1) is 8.39. The highest BCUT2D eigenvalue weighted by molar-refractivity contribution is 5.84. The fourth-order valence-electron chi connectivity index (χ4n) is 2.49. The zero-order valence-electron chi connectivity index (χ0n) is 12.2. The Bertz CT molecular complexity index is 284. The fraction of sp³-hybridized carbons (Fsp3) is 0.923. The van der Waals surface area contributed by atoms with E-state index in [-0.39, 0.29) is 5.91 Å². The second kappa shape index (κ2) is 6.50. The predicted octanol–water partition coefficient (Wildman–Crippen LogP) is -0.134. The van der Waals surface area contributed by atoms with Gasteiger partial charge in [0.05, 0.1) is 5.54 Å². The highest BCUT2D eigenvalue weighted by Gasteiger charge is 2.30. The molecule has 0 saturated carbocycles. The topological polar surface area (TPSA) is 61.6 Å². The Morgan fingerprint density at radius 3 is 2.72 bits per heavy atom. The Hall–Kier alpha value is -0.650. The van der Waals surface area contributed by atoms with Gasteiger partial charge in [0.2, 0.25) is 5.91 Å². The molecule has 1 rings (SSSR count). The summed E-state index contributed by atoms with van der Waals surface area (Å²) in [5, 5.41) is 3.05. The number of nitrogens with zero attached hydrogens (tertiary/aromatic N) is 2. The molecule has 3 N–H and O–H groups in total. The van der Waals surface area contributed by atoms with Gasteiger partial charge in [-0.3, -0.25) is 9.69 Å². The van der Waals surface area contributed by atoms with Crippen molar-refractivity contribution in [3.05, 3.63) is 0 Å². The van der Waals surface area contributed by atoms with Crippen LogP contribution in [0.2, 0.25) is 0 Å². The van der Waals surface area contributed by atoms with Crippen molar-refractivity contribution in [3.63, 3.8) is 0 Å². The molecule has 1 heterocycles. The van der Waals surface area contributed by atoms with Gasteiger partial charge in [0.1, 0.15) is 0 Å². The molecule has 1 fully saturated rings. The van der Waals surface area contributed by atoms with Crippen LogP contribution in [0.5, 0.6) is 0 Å². The molecule has 18 heavy (non-hydrogen) atoms. The first-order valence-electron chi connectivity index (χ1n) is 6.80. The van der Waals surface area contributed by atoms with E-state index < -0.39 is 5.54 Å². The normalized spacial score (nSPS) is 26.6. The summed E-state index contributed by atoms with van der Waals surface area (Å²) in [5.74, 6) is -0.274. The van der Waals surface area contributed by atoms with E-state index in [4.69, 9.17) is 5.73 Å². The van der Waals surface area contributed by atoms with Gasteiger partial charge < -0.3 is 16.0 Å². The number of rotatable bonds is 5. The lowest BCUT2D eigenvalue weighted by atomic mass is 9.96. The number of primary amides is 1. The van der Waals surface area contributed by atoms with Crippen LogP contribution in [-0.2, 0) is 4.79 Å². The Morgan fingerprint density at radius 2 is 2.17 bits per heavy atom. The van der Waals surface area contributed by atoms with E-state index in [1.54, 1.807) is 7.05 Å². The Balaban J connectivity index is 2.53. The van der Waals surface area contributed by atoms with E-state index in [1.165, 1.54) is 6.42 Å². The molecular formula is C13H28N4O. The molecule has 0 aromatic heterocycles. The molecule has 0 aliphatic carbocycles. The number of likely N-dealkylation sites (N-methyl/N-ethyl adjacent to an activating group) is 2. The molecule has 0 spiro atoms. The van der Waals surface area contributed by atoms with Gasteiger partial charge in [0, 0.05) is 19.1 Å². The second-order valence-corrected chi connectivity index (χ2v) is 5.70. The molecule has 0 radical (unpaired) electrons. The first-order valence-corrected chi connectivity index (χ1v) is 6.80. The molecule has 2 unspecified atom stereocenters. The van der Waals surface area contributed by atoms with Crippen LogP contribution in [0.1, 0.15) is 26.7 Å². The van der Waals surface area contributed by atoms with Crippen LogP contribution in [0.15, 0.2) is 0 Å². The molecule has 0 aromatic carbocycles. The number of hydrogen-bond donors (Lipinski definition) is 2. The zero-order chi connectivity index (χ0) is 13.8. The molecule has 5 nitrogen and oxygen atoms in total. The van der Waals surface area contributed by atoms with Crippen LogP contribution in [0, 0.1) is 0 Å². The van der Waals surface area contributed by atoms with Crippen LogP contribution in [0.3, 0.4) is 0 Å². The third kappa shape index (κ3) is 3.93. The van der Waals surface area contributed by atoms with Crippen molar-refractivity contribution in [3.8, 4) is 0 Å². The molecule has 1 aliphatic rings. The van der Waals surface area contributed by atoms with Gasteiger partial charge in [-0.05, 0) is 53.9 Å². The van der Waals surface area contributed by atoms with Crippen molar-refractivity contribution in [1.82, 2.24) is 15.1 Å². The van der Waals surface area contributed by atoms with E-state index in [1.807, 2.05) is 6.92 Å². The van der Waals surface area contributed by atoms with Crippen molar-refractivity contribution in [2.24, 2.45) is 5.73 Å². The van der Waals surface area contributed by atoms with E-state index in [0.29, 0.717) is 6.04 Å². The summed E-state index contributed by atoms with van der Waals surface area (Å²) >= 11 is 0. The van der Waals surface area contributed by atoms with Crippen LogP contribution >= 0.6 is 0 Å². The van der Waals surface area contributed by atoms with Crippen molar-refractivity contribution >= 4 is 5.91 Å². The van der Waals surface area contributed by atoms with Gasteiger partial charge in [0.25, 0.3) is 0 Å². The van der Waals surface area contributed by atoms with Crippen molar-refractivity contribution in [1.29, 1.82) is 0 Å². The largest absolute Gasteiger partial charge is 0.368 e. The highest BCUT2D eigenvalue weighted by atomic mass is 16.1. The number of carbonyl (C=O) groups is 1. The highest BCUT2D eigenvalue weighted by Crippen LogP contribution is 2.14. The summed E-state index contributed by atoms with van der Waals surface area (Å²) < 4.78 is 0. The number of amides is 1. The van der Waals surface area contributed by atoms with Crippen LogP contribution in [0.4, 0.5) is 0 Å². The molecular weight excluding hydrogens is 228 g/mol. The number of nitrogens with two attached hydrogens (primary N) is 1. The fourth-order valence-corrected chi connectivity index (χ4v) is 2.49. The SMILES string of the molecule is CNC(C)(CCN1CCCN(C)CC1C)C(N)=O. The molecule has 106 valence electrons. The molecule has 0 bridgehead atoms. The number of hydrogen-bond acceptors (Lipinski definition) is 4. The van der Waals surface area contributed by atoms with Gasteiger partial charge in [-0.15, -0.1) is 0 Å². The van der Waals surface area contributed by atoms with E-state index in [2.05, 4.69) is 29.1 Å². The minimum absolute atomic E-state index is 0.274. The molecule has 1 saturated heterocycles. The zero-order valence-corrected chi connectivity index (χ0v) is 12.2. The van der Waals surface area contributed by atoms with Crippen LogP contribution < -0.4 is 11.1 Å². The van der Waals surface area contributed by atoms with Crippen LogP contribution in [0.25, 0.3) is 0 Å². The van der Waals surface area contributed by atoms with Crippen LogP contribution in [-0.4, -0.2) is 67.6 Å². The van der Waals surface area contributed by atoms with E-state index >= 15 is 0 Å². The van der Waals surface area contributed by atoms with Gasteiger partial charge in [-0.25, -0.2) is 0 Å². The standard InChI is InChI=1S/C13H28N4O/c1-11-10-16(4)7-5-8-17(11)9-6-13(2,15-3)12(14)18/h11,15H,5-10H2,1-4H3,(H2,14,18). The number of nitrogens with one attached hydrogen (secondary N) is 1. The lowest BCUT2D eigenvalue weighted by Gasteiger charge is -2.32. The maximum atomic E-state index is 11.5. The summed E-state index contributed by atoms with van der Waals surface area (Å²) in [7, 11) is 3.96. The van der Waals surface area contributed by atoms with Crippen molar-refractivity contribution < 1.29 is 4.79 Å². The summed E-state index contributed by atoms with van der Waals surface area (Å²) in [6, 6.07) is 0.534. The third-order valence-corrected chi connectivity index (χ3v) is 4.18. The quantitative estimate of drug-likeness (QED) is 0.719. The molecule has 0 aromatic rings. The minimum atomic E-state index is -0.599. The van der Waals surface area contributed by atoms with Gasteiger partial charge in [0.15, 0.2) is 0 Å². The monoisotopic (exact) mass is 256 g/mol.